The highest BCUT2D eigenvalue weighted by Gasteiger charge is 2.22. The number of nitrogens with two attached hydrogens (primary N) is 1. The van der Waals surface area contributed by atoms with Crippen molar-refractivity contribution in [2.45, 2.75) is 19.3 Å². The second-order valence-electron chi connectivity index (χ2n) is 5.88. The third-order valence-corrected chi connectivity index (χ3v) is 4.84. The second-order valence-corrected chi connectivity index (χ2v) is 6.70. The third-order valence-electron chi connectivity index (χ3n) is 4.10. The number of anilines is 1. The monoisotopic (exact) mass is 372 g/mol. The van der Waals surface area contributed by atoms with Gasteiger partial charge in [0.05, 0.1) is 10.0 Å². The van der Waals surface area contributed by atoms with E-state index in [0.29, 0.717) is 22.3 Å². The van der Waals surface area contributed by atoms with Gasteiger partial charge in [-0.2, -0.15) is 0 Å². The molecule has 1 aliphatic heterocycles. The van der Waals surface area contributed by atoms with E-state index in [-0.39, 0.29) is 17.9 Å². The molecule has 8 heteroatoms. The topological polar surface area (TPSA) is 87.5 Å². The van der Waals surface area contributed by atoms with Gasteiger partial charge in [-0.3, -0.25) is 4.79 Å². The molecular formula is C16H22Cl2N4O2. The van der Waals surface area contributed by atoms with Gasteiger partial charge in [0.15, 0.2) is 0 Å². The summed E-state index contributed by atoms with van der Waals surface area (Å²) >= 11 is 11.7. The Morgan fingerprint density at radius 1 is 1.21 bits per heavy atom. The van der Waals surface area contributed by atoms with Crippen molar-refractivity contribution in [2.24, 2.45) is 11.7 Å². The molecule has 0 atom stereocenters. The number of amides is 3. The molecule has 24 heavy (non-hydrogen) atoms. The Morgan fingerprint density at radius 2 is 1.92 bits per heavy atom. The number of carbonyl (C=O) groups excluding carboxylic acids is 2. The normalized spacial score (nSPS) is 15.9. The van der Waals surface area contributed by atoms with Crippen LogP contribution >= 0.6 is 23.2 Å². The van der Waals surface area contributed by atoms with E-state index < -0.39 is 0 Å². The van der Waals surface area contributed by atoms with Crippen LogP contribution in [0.5, 0.6) is 0 Å². The van der Waals surface area contributed by atoms with Gasteiger partial charge in [0.2, 0.25) is 5.91 Å². The van der Waals surface area contributed by atoms with Crippen LogP contribution < -0.4 is 16.4 Å². The summed E-state index contributed by atoms with van der Waals surface area (Å²) in [5.74, 6) is -0.188. The molecule has 4 N–H and O–H groups in total. The minimum atomic E-state index is -0.277. The van der Waals surface area contributed by atoms with Crippen molar-refractivity contribution in [1.82, 2.24) is 10.2 Å². The molecule has 0 spiro atoms. The largest absolute Gasteiger partial charge is 0.369 e. The first kappa shape index (κ1) is 18.8. The van der Waals surface area contributed by atoms with Crippen molar-refractivity contribution in [3.8, 4) is 0 Å². The molecule has 0 aromatic heterocycles. The average Bonchev–Trinajstić information content (AvgIpc) is 2.55. The fraction of sp³-hybridized carbons (Fsp3) is 0.500. The van der Waals surface area contributed by atoms with Gasteiger partial charge in [-0.1, -0.05) is 23.2 Å². The predicted octanol–water partition coefficient (Wildman–Crippen LogP) is 2.70. The van der Waals surface area contributed by atoms with Crippen LogP contribution in [0.4, 0.5) is 10.5 Å². The van der Waals surface area contributed by atoms with Gasteiger partial charge in [0.1, 0.15) is 0 Å². The Morgan fingerprint density at radius 3 is 2.54 bits per heavy atom. The lowest BCUT2D eigenvalue weighted by Gasteiger charge is -2.30. The van der Waals surface area contributed by atoms with Gasteiger partial charge in [-0.15, -0.1) is 0 Å². The summed E-state index contributed by atoms with van der Waals surface area (Å²) in [7, 11) is 0. The number of primary amides is 1. The molecule has 1 aliphatic rings. The summed E-state index contributed by atoms with van der Waals surface area (Å²) in [6.45, 7) is 3.22. The van der Waals surface area contributed by atoms with Gasteiger partial charge in [-0.05, 0) is 57.1 Å². The molecule has 6 nitrogen and oxygen atoms in total. The zero-order chi connectivity index (χ0) is 17.5. The molecule has 1 fully saturated rings. The molecule has 0 radical (unpaired) electrons. The van der Waals surface area contributed by atoms with E-state index in [0.717, 1.165) is 38.9 Å². The van der Waals surface area contributed by atoms with E-state index in [1.807, 2.05) is 0 Å². The average molecular weight is 373 g/mol. The number of hydrogen-bond donors (Lipinski definition) is 3. The Bertz CT molecular complexity index is 589. The molecule has 1 heterocycles. The Labute approximate surface area is 151 Å². The summed E-state index contributed by atoms with van der Waals surface area (Å²) < 4.78 is 0. The number of benzene rings is 1. The molecule has 1 saturated heterocycles. The van der Waals surface area contributed by atoms with Crippen molar-refractivity contribution in [3.63, 3.8) is 0 Å². The van der Waals surface area contributed by atoms with Crippen LogP contribution in [0.25, 0.3) is 0 Å². The Balaban J connectivity index is 1.61. The van der Waals surface area contributed by atoms with Crippen LogP contribution in [0.1, 0.15) is 19.3 Å². The predicted molar refractivity (Wildman–Crippen MR) is 96.5 cm³/mol. The molecule has 2 rings (SSSR count). The molecular weight excluding hydrogens is 351 g/mol. The molecule has 3 amide bonds. The maximum Gasteiger partial charge on any atom is 0.319 e. The smallest absolute Gasteiger partial charge is 0.319 e. The zero-order valence-corrected chi connectivity index (χ0v) is 14.9. The van der Waals surface area contributed by atoms with Crippen LogP contribution in [0.3, 0.4) is 0 Å². The lowest BCUT2D eigenvalue weighted by Crippen LogP contribution is -2.40. The summed E-state index contributed by atoms with van der Waals surface area (Å²) in [6.07, 6.45) is 2.48. The first-order valence-electron chi connectivity index (χ1n) is 7.97. The van der Waals surface area contributed by atoms with E-state index >= 15 is 0 Å². The molecule has 0 aliphatic carbocycles. The highest BCUT2D eigenvalue weighted by molar-refractivity contribution is 6.42. The number of carbonyl (C=O) groups is 2. The lowest BCUT2D eigenvalue weighted by atomic mass is 9.96. The van der Waals surface area contributed by atoms with Gasteiger partial charge in [0.25, 0.3) is 0 Å². The number of rotatable bonds is 6. The van der Waals surface area contributed by atoms with Crippen molar-refractivity contribution in [2.75, 3.05) is 31.5 Å². The summed E-state index contributed by atoms with van der Waals surface area (Å²) in [5.41, 5.74) is 5.91. The van der Waals surface area contributed by atoms with Gasteiger partial charge in [-0.25, -0.2) is 4.79 Å². The fourth-order valence-electron chi connectivity index (χ4n) is 2.69. The van der Waals surface area contributed by atoms with E-state index in [1.54, 1.807) is 18.2 Å². The second kappa shape index (κ2) is 9.11. The third kappa shape index (κ3) is 5.85. The minimum absolute atomic E-state index is 0.0105. The molecule has 0 saturated carbocycles. The first-order valence-corrected chi connectivity index (χ1v) is 8.73. The molecule has 0 bridgehead atoms. The van der Waals surface area contributed by atoms with E-state index in [4.69, 9.17) is 28.9 Å². The van der Waals surface area contributed by atoms with Crippen LogP contribution in [-0.4, -0.2) is 43.0 Å². The Kier molecular flexibility index (Phi) is 7.15. The highest BCUT2D eigenvalue weighted by Crippen LogP contribution is 2.24. The van der Waals surface area contributed by atoms with Gasteiger partial charge in [0, 0.05) is 18.2 Å². The number of halogens is 2. The van der Waals surface area contributed by atoms with Crippen LogP contribution in [0.2, 0.25) is 10.0 Å². The first-order chi connectivity index (χ1) is 11.5. The number of piperidine rings is 1. The number of urea groups is 1. The van der Waals surface area contributed by atoms with Crippen LogP contribution in [-0.2, 0) is 4.79 Å². The number of nitrogens with one attached hydrogen (secondary N) is 2. The zero-order valence-electron chi connectivity index (χ0n) is 13.4. The van der Waals surface area contributed by atoms with E-state index in [1.165, 1.54) is 0 Å². The SMILES string of the molecule is NC(=O)C1CCN(CCCNC(=O)Nc2ccc(Cl)c(Cl)c2)CC1. The molecule has 1 aromatic carbocycles. The molecule has 132 valence electrons. The number of likely N-dealkylation sites (tertiary alicyclic amines) is 1. The van der Waals surface area contributed by atoms with Crippen molar-refractivity contribution in [3.05, 3.63) is 28.2 Å². The maximum absolute atomic E-state index is 11.8. The molecule has 0 unspecified atom stereocenters. The number of nitrogens with zero attached hydrogens (tertiary/aromatic N) is 1. The summed E-state index contributed by atoms with van der Waals surface area (Å²) in [5, 5.41) is 6.36. The van der Waals surface area contributed by atoms with Crippen molar-refractivity contribution in [1.29, 1.82) is 0 Å². The van der Waals surface area contributed by atoms with Crippen molar-refractivity contribution >= 4 is 40.8 Å². The Hall–Kier alpha value is -1.50. The van der Waals surface area contributed by atoms with E-state index in [9.17, 15) is 9.59 Å². The standard InChI is InChI=1S/C16H22Cl2N4O2/c17-13-3-2-12(10-14(13)18)21-16(24)20-6-1-7-22-8-4-11(5-9-22)15(19)23/h2-3,10-11H,1,4-9H2,(H2,19,23)(H2,20,21,24). The maximum atomic E-state index is 11.8. The minimum Gasteiger partial charge on any atom is -0.369 e. The number of hydrogen-bond acceptors (Lipinski definition) is 3. The quantitative estimate of drug-likeness (QED) is 0.670. The van der Waals surface area contributed by atoms with Gasteiger partial charge >= 0.3 is 6.03 Å². The highest BCUT2D eigenvalue weighted by atomic mass is 35.5. The van der Waals surface area contributed by atoms with Crippen LogP contribution in [0.15, 0.2) is 18.2 Å². The van der Waals surface area contributed by atoms with Gasteiger partial charge < -0.3 is 21.3 Å². The van der Waals surface area contributed by atoms with Crippen LogP contribution in [0, 0.1) is 5.92 Å². The lowest BCUT2D eigenvalue weighted by molar-refractivity contribution is -0.123. The summed E-state index contributed by atoms with van der Waals surface area (Å²) in [6, 6.07) is 4.65. The molecule has 1 aromatic rings. The summed E-state index contributed by atoms with van der Waals surface area (Å²) in [4.78, 5) is 25.2. The van der Waals surface area contributed by atoms with Crippen molar-refractivity contribution < 1.29 is 9.59 Å². The fourth-order valence-corrected chi connectivity index (χ4v) is 2.99. The van der Waals surface area contributed by atoms with E-state index in [2.05, 4.69) is 15.5 Å².